The third kappa shape index (κ3) is 3.54. The second kappa shape index (κ2) is 6.71. The van der Waals surface area contributed by atoms with Crippen molar-refractivity contribution < 1.29 is 27.2 Å². The fourth-order valence-corrected chi connectivity index (χ4v) is 3.14. The van der Waals surface area contributed by atoms with Gasteiger partial charge in [0.2, 0.25) is 0 Å². The Bertz CT molecular complexity index is 885. The Balaban J connectivity index is 2.49. The first-order valence-electron chi connectivity index (χ1n) is 6.47. The largest absolute Gasteiger partial charge is 0.497 e. The second-order valence-electron chi connectivity index (χ2n) is 4.54. The summed E-state index contributed by atoms with van der Waals surface area (Å²) in [5.41, 5.74) is -0.999. The van der Waals surface area contributed by atoms with Crippen LogP contribution in [0.4, 0.5) is 15.8 Å². The monoisotopic (exact) mass is 356 g/mol. The molecule has 0 aliphatic rings. The molecule has 0 atom stereocenters. The first-order valence-corrected chi connectivity index (χ1v) is 7.95. The zero-order valence-electron chi connectivity index (χ0n) is 12.6. The molecule has 2 aromatic carbocycles. The van der Waals surface area contributed by atoms with Crippen molar-refractivity contribution in [2.24, 2.45) is 0 Å². The van der Waals surface area contributed by atoms with E-state index in [1.54, 1.807) is 0 Å². The molecule has 0 aliphatic carbocycles. The molecular weight excluding hydrogens is 343 g/mol. The summed E-state index contributed by atoms with van der Waals surface area (Å²) in [6.45, 7) is 0. The van der Waals surface area contributed by atoms with Crippen molar-refractivity contribution >= 4 is 21.4 Å². The zero-order valence-corrected chi connectivity index (χ0v) is 13.5. The zero-order chi connectivity index (χ0) is 17.9. The van der Waals surface area contributed by atoms with Gasteiger partial charge in [0.1, 0.15) is 22.2 Å². The maximum atomic E-state index is 13.8. The fraction of sp³-hybridized carbons (Fsp3) is 0.143. The lowest BCUT2D eigenvalue weighted by molar-refractivity contribution is -0.384. The fourth-order valence-electron chi connectivity index (χ4n) is 1.90. The minimum Gasteiger partial charge on any atom is -0.497 e. The molecule has 0 heterocycles. The van der Waals surface area contributed by atoms with Crippen LogP contribution < -0.4 is 14.2 Å². The maximum Gasteiger partial charge on any atom is 0.271 e. The Hall–Kier alpha value is -2.88. The lowest BCUT2D eigenvalue weighted by atomic mass is 10.3. The Morgan fingerprint density at radius 3 is 2.42 bits per heavy atom. The van der Waals surface area contributed by atoms with Gasteiger partial charge in [-0.3, -0.25) is 14.8 Å². The molecule has 0 aliphatic heterocycles. The number of nitrogens with one attached hydrogen (secondary N) is 1. The summed E-state index contributed by atoms with van der Waals surface area (Å²) in [5, 5.41) is 10.8. The van der Waals surface area contributed by atoms with Crippen LogP contribution in [0.3, 0.4) is 0 Å². The molecule has 0 saturated heterocycles. The van der Waals surface area contributed by atoms with Gasteiger partial charge < -0.3 is 9.47 Å². The molecular formula is C14H13FN2O6S. The second-order valence-corrected chi connectivity index (χ2v) is 6.19. The van der Waals surface area contributed by atoms with Gasteiger partial charge in [-0.2, -0.15) is 0 Å². The lowest BCUT2D eigenvalue weighted by Gasteiger charge is -2.13. The number of benzene rings is 2. The minimum atomic E-state index is -4.27. The van der Waals surface area contributed by atoms with E-state index in [0.29, 0.717) is 0 Å². The van der Waals surface area contributed by atoms with E-state index < -0.39 is 32.1 Å². The summed E-state index contributed by atoms with van der Waals surface area (Å²) in [4.78, 5) is 9.70. The van der Waals surface area contributed by atoms with Crippen LogP contribution in [0.15, 0.2) is 41.3 Å². The number of hydrogen-bond acceptors (Lipinski definition) is 6. The van der Waals surface area contributed by atoms with Crippen LogP contribution in [0.1, 0.15) is 0 Å². The van der Waals surface area contributed by atoms with Crippen LogP contribution in [-0.4, -0.2) is 27.6 Å². The Labute approximate surface area is 137 Å². The average Bonchev–Trinajstić information content (AvgIpc) is 2.55. The molecule has 128 valence electrons. The number of hydrogen-bond donors (Lipinski definition) is 1. The number of ether oxygens (including phenoxy) is 2. The highest BCUT2D eigenvalue weighted by molar-refractivity contribution is 7.92. The predicted octanol–water partition coefficient (Wildman–Crippen LogP) is 2.55. The van der Waals surface area contributed by atoms with Crippen LogP contribution >= 0.6 is 0 Å². The summed E-state index contributed by atoms with van der Waals surface area (Å²) < 4.78 is 50.7. The van der Waals surface area contributed by atoms with Gasteiger partial charge in [0.05, 0.1) is 24.8 Å². The molecule has 10 heteroatoms. The highest BCUT2D eigenvalue weighted by Crippen LogP contribution is 2.31. The van der Waals surface area contributed by atoms with Gasteiger partial charge in [-0.05, 0) is 18.2 Å². The lowest BCUT2D eigenvalue weighted by Crippen LogP contribution is -2.15. The van der Waals surface area contributed by atoms with Crippen LogP contribution in [0, 0.1) is 15.9 Å². The summed E-state index contributed by atoms with van der Waals surface area (Å²) in [7, 11) is -1.65. The van der Waals surface area contributed by atoms with Crippen molar-refractivity contribution in [2.45, 2.75) is 4.90 Å². The highest BCUT2D eigenvalue weighted by Gasteiger charge is 2.23. The molecule has 0 saturated carbocycles. The molecule has 0 spiro atoms. The van der Waals surface area contributed by atoms with Crippen molar-refractivity contribution in [3.8, 4) is 11.5 Å². The number of rotatable bonds is 6. The van der Waals surface area contributed by atoms with E-state index in [2.05, 4.69) is 0 Å². The molecule has 0 fully saturated rings. The van der Waals surface area contributed by atoms with Gasteiger partial charge in [0.15, 0.2) is 0 Å². The molecule has 8 nitrogen and oxygen atoms in total. The smallest absolute Gasteiger partial charge is 0.271 e. The van der Waals surface area contributed by atoms with E-state index in [9.17, 15) is 22.9 Å². The number of nitrogens with zero attached hydrogens (tertiary/aromatic N) is 1. The topological polar surface area (TPSA) is 108 Å². The van der Waals surface area contributed by atoms with Gasteiger partial charge in [0.25, 0.3) is 15.7 Å². The van der Waals surface area contributed by atoms with E-state index in [-0.39, 0.29) is 16.4 Å². The molecule has 0 aromatic heterocycles. The molecule has 2 rings (SSSR count). The molecule has 0 bridgehead atoms. The van der Waals surface area contributed by atoms with Gasteiger partial charge in [0, 0.05) is 18.2 Å². The van der Waals surface area contributed by atoms with Gasteiger partial charge in [-0.15, -0.1) is 0 Å². The first kappa shape index (κ1) is 17.5. The molecule has 0 unspecified atom stereocenters. The molecule has 2 aromatic rings. The van der Waals surface area contributed by atoms with Crippen LogP contribution in [-0.2, 0) is 10.0 Å². The first-order chi connectivity index (χ1) is 11.3. The highest BCUT2D eigenvalue weighted by atomic mass is 32.2. The molecule has 0 radical (unpaired) electrons. The van der Waals surface area contributed by atoms with E-state index >= 15 is 0 Å². The maximum absolute atomic E-state index is 13.8. The van der Waals surface area contributed by atoms with E-state index in [1.165, 1.54) is 32.4 Å². The molecule has 0 amide bonds. The number of non-ortho nitro benzene ring substituents is 1. The number of anilines is 1. The SMILES string of the molecule is COc1ccc(OC)c(S(=O)(=O)Nc2cc([N+](=O)[O-])ccc2F)c1. The number of halogens is 1. The minimum absolute atomic E-state index is 0.00846. The van der Waals surface area contributed by atoms with Crippen LogP contribution in [0.5, 0.6) is 11.5 Å². The summed E-state index contributed by atoms with van der Waals surface area (Å²) in [5.74, 6) is -0.698. The standard InChI is InChI=1S/C14H13FN2O6S/c1-22-10-4-6-13(23-2)14(8-10)24(20,21)16-12-7-9(17(18)19)3-5-11(12)15/h3-8,16H,1-2H3. The Morgan fingerprint density at radius 1 is 1.12 bits per heavy atom. The third-order valence-electron chi connectivity index (χ3n) is 3.07. The Morgan fingerprint density at radius 2 is 1.83 bits per heavy atom. The third-order valence-corrected chi connectivity index (χ3v) is 4.45. The Kier molecular flexibility index (Phi) is 4.88. The van der Waals surface area contributed by atoms with E-state index in [1.807, 2.05) is 4.72 Å². The van der Waals surface area contributed by atoms with E-state index in [0.717, 1.165) is 18.2 Å². The van der Waals surface area contributed by atoms with Crippen molar-refractivity contribution in [2.75, 3.05) is 18.9 Å². The van der Waals surface area contributed by atoms with Gasteiger partial charge >= 0.3 is 0 Å². The van der Waals surface area contributed by atoms with Crippen molar-refractivity contribution in [1.82, 2.24) is 0 Å². The van der Waals surface area contributed by atoms with Crippen molar-refractivity contribution in [3.05, 3.63) is 52.3 Å². The van der Waals surface area contributed by atoms with Gasteiger partial charge in [-0.25, -0.2) is 12.8 Å². The summed E-state index contributed by atoms with van der Waals surface area (Å²) >= 11 is 0. The van der Waals surface area contributed by atoms with Crippen molar-refractivity contribution in [1.29, 1.82) is 0 Å². The average molecular weight is 356 g/mol. The van der Waals surface area contributed by atoms with Crippen LogP contribution in [0.2, 0.25) is 0 Å². The number of sulfonamides is 1. The van der Waals surface area contributed by atoms with Crippen molar-refractivity contribution in [3.63, 3.8) is 0 Å². The summed E-state index contributed by atoms with van der Waals surface area (Å²) in [6, 6.07) is 6.58. The molecule has 1 N–H and O–H groups in total. The predicted molar refractivity (Wildman–Crippen MR) is 83.4 cm³/mol. The summed E-state index contributed by atoms with van der Waals surface area (Å²) in [6.07, 6.45) is 0. The number of methoxy groups -OCH3 is 2. The normalized spacial score (nSPS) is 11.0. The van der Waals surface area contributed by atoms with Gasteiger partial charge in [-0.1, -0.05) is 0 Å². The number of nitro benzene ring substituents is 1. The number of nitro groups is 1. The quantitative estimate of drug-likeness (QED) is 0.629. The van der Waals surface area contributed by atoms with Crippen LogP contribution in [0.25, 0.3) is 0 Å². The van der Waals surface area contributed by atoms with E-state index in [4.69, 9.17) is 9.47 Å². The molecule has 24 heavy (non-hydrogen) atoms.